The molecule has 3 aromatic rings. The van der Waals surface area contributed by atoms with E-state index in [4.69, 9.17) is 25.1 Å². The zero-order valence-electron chi connectivity index (χ0n) is 22.1. The number of nitriles is 1. The Morgan fingerprint density at radius 3 is 2.48 bits per heavy atom. The average Bonchev–Trinajstić information content (AvgIpc) is 3.52. The van der Waals surface area contributed by atoms with Crippen molar-refractivity contribution >= 4 is 40.1 Å². The van der Waals surface area contributed by atoms with Crippen molar-refractivity contribution in [2.24, 2.45) is 11.8 Å². The lowest BCUT2D eigenvalue weighted by molar-refractivity contribution is -0.192. The van der Waals surface area contributed by atoms with E-state index in [0.717, 1.165) is 0 Å². The molecule has 2 aromatic carbocycles. The molecule has 0 saturated carbocycles. The molecule has 3 aliphatic heterocycles. The summed E-state index contributed by atoms with van der Waals surface area (Å²) in [7, 11) is 0. The Kier molecular flexibility index (Phi) is 7.02. The Hall–Kier alpha value is -4.77. The number of aliphatic carboxylic acids is 1. The number of aromatic nitrogens is 2. The zero-order chi connectivity index (χ0) is 30.4. The van der Waals surface area contributed by atoms with Gasteiger partial charge in [-0.25, -0.2) is 19.7 Å². The van der Waals surface area contributed by atoms with Gasteiger partial charge < -0.3 is 20.3 Å². The fraction of sp³-hybridized carbons (Fsp3) is 0.357. The number of hydrogen-bond donors (Lipinski definition) is 2. The van der Waals surface area contributed by atoms with Crippen molar-refractivity contribution in [3.8, 4) is 11.9 Å². The fourth-order valence-corrected chi connectivity index (χ4v) is 6.18. The van der Waals surface area contributed by atoms with Gasteiger partial charge in [0, 0.05) is 23.3 Å². The minimum atomic E-state index is -5.08. The van der Waals surface area contributed by atoms with E-state index >= 15 is 0 Å². The van der Waals surface area contributed by atoms with Crippen LogP contribution in [0.15, 0.2) is 48.8 Å². The number of anilines is 2. The third-order valence-corrected chi connectivity index (χ3v) is 7.96. The number of carbonyl (C=O) groups excluding carboxylic acids is 2. The number of nitrogens with two attached hydrogens (primary N) is 1. The summed E-state index contributed by atoms with van der Waals surface area (Å²) in [5, 5.41) is 18.0. The van der Waals surface area contributed by atoms with E-state index < -0.39 is 35.2 Å². The maximum Gasteiger partial charge on any atom is 0.490 e. The number of ether oxygens (including phenoxy) is 2. The first-order chi connectivity index (χ1) is 19.8. The minimum Gasteiger partial charge on any atom is -0.477 e. The van der Waals surface area contributed by atoms with E-state index in [1.54, 1.807) is 12.1 Å². The van der Waals surface area contributed by atoms with Gasteiger partial charge in [0.2, 0.25) is 17.7 Å². The topological polar surface area (TPSA) is 169 Å². The lowest BCUT2D eigenvalue weighted by Gasteiger charge is -2.31. The van der Waals surface area contributed by atoms with E-state index in [2.05, 4.69) is 16.0 Å². The number of carbonyl (C=O) groups is 3. The Bertz CT molecular complexity index is 1640. The summed E-state index contributed by atoms with van der Waals surface area (Å²) in [6.45, 7) is 2.19. The molecule has 42 heavy (non-hydrogen) atoms. The van der Waals surface area contributed by atoms with Gasteiger partial charge in [0.25, 0.3) is 0 Å². The second-order valence-electron chi connectivity index (χ2n) is 10.4. The molecule has 3 fully saturated rings. The third kappa shape index (κ3) is 4.75. The highest BCUT2D eigenvalue weighted by Crippen LogP contribution is 2.62. The van der Waals surface area contributed by atoms with E-state index in [0.29, 0.717) is 53.0 Å². The van der Waals surface area contributed by atoms with Gasteiger partial charge in [0.05, 0.1) is 47.0 Å². The Morgan fingerprint density at radius 1 is 1.17 bits per heavy atom. The number of benzene rings is 2. The van der Waals surface area contributed by atoms with Crippen LogP contribution in [-0.2, 0) is 19.1 Å². The number of fused-ring (bicyclic) bond motifs is 6. The quantitative estimate of drug-likeness (QED) is 0.423. The molecule has 2 bridgehead atoms. The molecule has 3 saturated heterocycles. The molecule has 6 rings (SSSR count). The van der Waals surface area contributed by atoms with Crippen LogP contribution in [0.4, 0.5) is 24.7 Å². The van der Waals surface area contributed by atoms with Crippen LogP contribution in [0.1, 0.15) is 31.7 Å². The Balaban J connectivity index is 0.000000451. The molecule has 4 atom stereocenters. The predicted octanol–water partition coefficient (Wildman–Crippen LogP) is 3.61. The molecule has 2 amide bonds. The normalized spacial score (nSPS) is 26.0. The average molecular weight is 584 g/mol. The number of imide groups is 1. The minimum absolute atomic E-state index is 0.247. The molecule has 218 valence electrons. The summed E-state index contributed by atoms with van der Waals surface area (Å²) in [5.74, 6) is -3.76. The van der Waals surface area contributed by atoms with Crippen LogP contribution in [0.2, 0.25) is 0 Å². The summed E-state index contributed by atoms with van der Waals surface area (Å²) in [6.07, 6.45) is -1.96. The lowest BCUT2D eigenvalue weighted by Crippen LogP contribution is -2.43. The second kappa shape index (κ2) is 10.3. The van der Waals surface area contributed by atoms with Crippen molar-refractivity contribution in [1.29, 1.82) is 5.26 Å². The van der Waals surface area contributed by atoms with Gasteiger partial charge in [-0.3, -0.25) is 9.59 Å². The standard InChI is InChI=1S/C26H23N5O4.C2HF3O2/c1-25-8-9-26(35-25,10-11-34-20-12-19(28)29-14-30-20)22-21(25)23(32)31(24(22)33)18-7-6-15(13-27)16-4-2-3-5-17(16)18;3-2(4,5)1(6)7/h2-7,12,14,21-22H,8-11H2,1H3,(H2,28,29,30);(H,6,7)/t21-,22+,25-,26-;/m0./s1. The molecular weight excluding hydrogens is 559 g/mol. The van der Waals surface area contributed by atoms with Gasteiger partial charge in [-0.1, -0.05) is 24.3 Å². The van der Waals surface area contributed by atoms with Crippen LogP contribution < -0.4 is 15.4 Å². The van der Waals surface area contributed by atoms with Crippen LogP contribution in [0.3, 0.4) is 0 Å². The SMILES string of the molecule is C[C@@]12CC[C@@](CCOc3cc(N)ncn3)(O1)[C@H]1C(=O)N(c3ccc(C#N)c4ccccc34)C(=O)[C@H]12.O=C(O)C(F)(F)F. The highest BCUT2D eigenvalue weighted by molar-refractivity contribution is 6.26. The summed E-state index contributed by atoms with van der Waals surface area (Å²) < 4.78 is 44.0. The molecule has 4 heterocycles. The maximum absolute atomic E-state index is 13.9. The van der Waals surface area contributed by atoms with Crippen LogP contribution in [0.5, 0.6) is 5.88 Å². The summed E-state index contributed by atoms with van der Waals surface area (Å²) in [5.41, 5.74) is 5.20. The molecule has 11 nitrogen and oxygen atoms in total. The summed E-state index contributed by atoms with van der Waals surface area (Å²) >= 11 is 0. The van der Waals surface area contributed by atoms with E-state index in [9.17, 15) is 28.0 Å². The van der Waals surface area contributed by atoms with Crippen LogP contribution in [0.25, 0.3) is 10.8 Å². The van der Waals surface area contributed by atoms with Crippen molar-refractivity contribution in [3.63, 3.8) is 0 Å². The largest absolute Gasteiger partial charge is 0.490 e. The van der Waals surface area contributed by atoms with Gasteiger partial charge in [-0.05, 0) is 31.9 Å². The number of rotatable bonds is 5. The predicted molar refractivity (Wildman–Crippen MR) is 140 cm³/mol. The molecule has 14 heteroatoms. The van der Waals surface area contributed by atoms with Gasteiger partial charge in [-0.2, -0.15) is 18.4 Å². The van der Waals surface area contributed by atoms with Gasteiger partial charge in [0.1, 0.15) is 12.1 Å². The van der Waals surface area contributed by atoms with E-state index in [-0.39, 0.29) is 18.4 Å². The fourth-order valence-electron chi connectivity index (χ4n) is 6.18. The number of nitrogen functional groups attached to an aromatic ring is 1. The van der Waals surface area contributed by atoms with Crippen LogP contribution >= 0.6 is 0 Å². The molecule has 0 aliphatic carbocycles. The van der Waals surface area contributed by atoms with Crippen molar-refractivity contribution in [2.45, 2.75) is 43.6 Å². The van der Waals surface area contributed by atoms with Crippen LogP contribution in [0, 0.1) is 23.2 Å². The highest BCUT2D eigenvalue weighted by atomic mass is 19.4. The molecule has 3 N–H and O–H groups in total. The number of hydrogen-bond acceptors (Lipinski definition) is 9. The lowest BCUT2D eigenvalue weighted by atomic mass is 9.67. The van der Waals surface area contributed by atoms with Crippen molar-refractivity contribution in [2.75, 3.05) is 17.2 Å². The second-order valence-corrected chi connectivity index (χ2v) is 10.4. The zero-order valence-corrected chi connectivity index (χ0v) is 22.1. The number of nitrogens with zero attached hydrogens (tertiary/aromatic N) is 4. The smallest absolute Gasteiger partial charge is 0.477 e. The number of amides is 2. The number of alkyl halides is 3. The molecule has 0 spiro atoms. The van der Waals surface area contributed by atoms with Gasteiger partial charge >= 0.3 is 12.1 Å². The molecule has 0 radical (unpaired) electrons. The van der Waals surface area contributed by atoms with Crippen LogP contribution in [-0.4, -0.2) is 56.8 Å². The maximum atomic E-state index is 13.9. The first-order valence-electron chi connectivity index (χ1n) is 12.8. The monoisotopic (exact) mass is 583 g/mol. The first-order valence-corrected chi connectivity index (χ1v) is 12.8. The summed E-state index contributed by atoms with van der Waals surface area (Å²) in [6, 6.07) is 14.4. The Morgan fingerprint density at radius 2 is 1.83 bits per heavy atom. The molecule has 3 aliphatic rings. The van der Waals surface area contributed by atoms with Crippen molar-refractivity contribution in [1.82, 2.24) is 9.97 Å². The first kappa shape index (κ1) is 28.7. The molecular formula is C28H24F3N5O6. The van der Waals surface area contributed by atoms with Crippen molar-refractivity contribution < 1.29 is 42.1 Å². The number of halogens is 3. The molecule has 1 aromatic heterocycles. The van der Waals surface area contributed by atoms with E-state index in [1.165, 1.54) is 17.3 Å². The van der Waals surface area contributed by atoms with Gasteiger partial charge in [0.15, 0.2) is 0 Å². The van der Waals surface area contributed by atoms with E-state index in [1.807, 2.05) is 31.2 Å². The van der Waals surface area contributed by atoms with Gasteiger partial charge in [-0.15, -0.1) is 0 Å². The number of carboxylic acids is 1. The Labute approximate surface area is 236 Å². The van der Waals surface area contributed by atoms with Crippen molar-refractivity contribution in [3.05, 3.63) is 54.4 Å². The summed E-state index contributed by atoms with van der Waals surface area (Å²) in [4.78, 5) is 45.8. The third-order valence-electron chi connectivity index (χ3n) is 7.96. The number of carboxylic acid groups (broad SMARTS) is 1. The molecule has 0 unspecified atom stereocenters. The highest BCUT2D eigenvalue weighted by Gasteiger charge is 2.73.